The van der Waals surface area contributed by atoms with Crippen molar-refractivity contribution < 1.29 is 19.0 Å². The number of nitrogens with zero attached hydrogens (tertiary/aromatic N) is 4. The Labute approximate surface area is 117 Å². The maximum atomic E-state index is 13.6. The summed E-state index contributed by atoms with van der Waals surface area (Å²) in [6, 6.07) is 3.46. The van der Waals surface area contributed by atoms with Crippen LogP contribution in [0.3, 0.4) is 0 Å². The maximum absolute atomic E-state index is 13.6. The first-order valence-electron chi connectivity index (χ1n) is 5.93. The van der Waals surface area contributed by atoms with E-state index in [4.69, 9.17) is 9.84 Å². The van der Waals surface area contributed by atoms with Crippen molar-refractivity contribution in [2.24, 2.45) is 0 Å². The van der Waals surface area contributed by atoms with E-state index in [-0.39, 0.29) is 11.6 Å². The van der Waals surface area contributed by atoms with Crippen molar-refractivity contribution in [2.75, 3.05) is 0 Å². The van der Waals surface area contributed by atoms with E-state index in [0.717, 1.165) is 12.1 Å². The van der Waals surface area contributed by atoms with Crippen LogP contribution in [0.1, 0.15) is 16.2 Å². The van der Waals surface area contributed by atoms with Crippen molar-refractivity contribution in [1.82, 2.24) is 19.6 Å². The first kappa shape index (κ1) is 13.0. The number of carboxylic acid groups (broad SMARTS) is 1. The molecule has 0 unspecified atom stereocenters. The number of carbonyl (C=O) groups is 1. The van der Waals surface area contributed by atoms with Crippen LogP contribution in [0.25, 0.3) is 5.65 Å². The van der Waals surface area contributed by atoms with Gasteiger partial charge in [0.2, 0.25) is 5.65 Å². The van der Waals surface area contributed by atoms with Gasteiger partial charge in [0, 0.05) is 18.5 Å². The highest BCUT2D eigenvalue weighted by atomic mass is 19.1. The smallest absolute Gasteiger partial charge is 0.338 e. The number of hydrogen-bond donors (Lipinski definition) is 1. The highest BCUT2D eigenvalue weighted by Crippen LogP contribution is 2.24. The lowest BCUT2D eigenvalue weighted by Gasteiger charge is -2.06. The van der Waals surface area contributed by atoms with E-state index >= 15 is 0 Å². The number of aryl methyl sites for hydroxylation is 1. The predicted molar refractivity (Wildman–Crippen MR) is 69.0 cm³/mol. The van der Waals surface area contributed by atoms with Gasteiger partial charge in [0.1, 0.15) is 17.4 Å². The normalized spacial score (nSPS) is 10.8. The van der Waals surface area contributed by atoms with Crippen LogP contribution in [0.2, 0.25) is 0 Å². The molecule has 3 aromatic rings. The molecule has 3 rings (SSSR count). The molecular formula is C13H9FN4O3. The summed E-state index contributed by atoms with van der Waals surface area (Å²) in [6.45, 7) is 1.77. The van der Waals surface area contributed by atoms with Gasteiger partial charge in [-0.25, -0.2) is 14.2 Å². The van der Waals surface area contributed by atoms with E-state index in [1.807, 2.05) is 0 Å². The largest absolute Gasteiger partial charge is 0.478 e. The van der Waals surface area contributed by atoms with Crippen LogP contribution in [0.15, 0.2) is 30.6 Å². The number of benzene rings is 1. The molecule has 2 heterocycles. The summed E-state index contributed by atoms with van der Waals surface area (Å²) in [7, 11) is 0. The fraction of sp³-hybridized carbons (Fsp3) is 0.0769. The zero-order valence-electron chi connectivity index (χ0n) is 10.8. The van der Waals surface area contributed by atoms with Gasteiger partial charge in [0.05, 0.1) is 5.56 Å². The molecule has 0 saturated carbocycles. The lowest BCUT2D eigenvalue weighted by atomic mass is 10.2. The number of hydrogen-bond acceptors (Lipinski definition) is 5. The lowest BCUT2D eigenvalue weighted by molar-refractivity contribution is 0.0692. The zero-order valence-corrected chi connectivity index (χ0v) is 10.8. The van der Waals surface area contributed by atoms with Crippen molar-refractivity contribution in [3.63, 3.8) is 0 Å². The Hall–Kier alpha value is -3.03. The number of aromatic nitrogens is 4. The molecule has 0 atom stereocenters. The van der Waals surface area contributed by atoms with Crippen LogP contribution in [-0.4, -0.2) is 30.7 Å². The SMILES string of the molecule is Cc1nnc2c(Oc3ccc(C(=O)O)c(F)c3)nccn12. The average molecular weight is 288 g/mol. The van der Waals surface area contributed by atoms with Gasteiger partial charge in [-0.3, -0.25) is 4.40 Å². The van der Waals surface area contributed by atoms with Gasteiger partial charge in [-0.05, 0) is 19.1 Å². The number of halogens is 1. The van der Waals surface area contributed by atoms with Gasteiger partial charge in [-0.1, -0.05) is 0 Å². The Bertz CT molecular complexity index is 847. The number of rotatable bonds is 3. The molecule has 106 valence electrons. The molecule has 0 fully saturated rings. The minimum Gasteiger partial charge on any atom is -0.478 e. The topological polar surface area (TPSA) is 89.6 Å². The van der Waals surface area contributed by atoms with Gasteiger partial charge in [-0.15, -0.1) is 10.2 Å². The van der Waals surface area contributed by atoms with Crippen molar-refractivity contribution >= 4 is 11.6 Å². The molecule has 0 bridgehead atoms. The second-order valence-corrected chi connectivity index (χ2v) is 4.22. The number of carboxylic acids is 1. The standard InChI is InChI=1S/C13H9FN4O3/c1-7-16-17-11-12(15-4-5-18(7)11)21-8-2-3-9(13(19)20)10(14)6-8/h2-6H,1H3,(H,19,20). The Morgan fingerprint density at radius 1 is 1.38 bits per heavy atom. The highest BCUT2D eigenvalue weighted by Gasteiger charge is 2.14. The fourth-order valence-corrected chi connectivity index (χ4v) is 1.84. The number of fused-ring (bicyclic) bond motifs is 1. The molecule has 0 aliphatic heterocycles. The number of ether oxygens (including phenoxy) is 1. The van der Waals surface area contributed by atoms with E-state index in [1.54, 1.807) is 17.5 Å². The molecule has 2 aromatic heterocycles. The third kappa shape index (κ3) is 2.27. The van der Waals surface area contributed by atoms with Gasteiger partial charge in [0.25, 0.3) is 5.88 Å². The zero-order chi connectivity index (χ0) is 15.0. The highest BCUT2D eigenvalue weighted by molar-refractivity contribution is 5.88. The van der Waals surface area contributed by atoms with Crippen LogP contribution >= 0.6 is 0 Å². The molecule has 0 spiro atoms. The Balaban J connectivity index is 1.99. The number of aromatic carboxylic acids is 1. The fourth-order valence-electron chi connectivity index (χ4n) is 1.84. The quantitative estimate of drug-likeness (QED) is 0.793. The van der Waals surface area contributed by atoms with Crippen molar-refractivity contribution in [1.29, 1.82) is 0 Å². The van der Waals surface area contributed by atoms with Crippen LogP contribution in [0, 0.1) is 12.7 Å². The van der Waals surface area contributed by atoms with Crippen LogP contribution in [-0.2, 0) is 0 Å². The molecule has 0 aliphatic carbocycles. The summed E-state index contributed by atoms with van der Waals surface area (Å²) in [4.78, 5) is 14.8. The summed E-state index contributed by atoms with van der Waals surface area (Å²) in [5, 5.41) is 16.6. The van der Waals surface area contributed by atoms with Gasteiger partial charge in [0.15, 0.2) is 0 Å². The van der Waals surface area contributed by atoms with Gasteiger partial charge >= 0.3 is 5.97 Å². The summed E-state index contributed by atoms with van der Waals surface area (Å²) in [5.41, 5.74) is -0.0374. The average Bonchev–Trinajstić information content (AvgIpc) is 2.81. The molecule has 1 N–H and O–H groups in total. The van der Waals surface area contributed by atoms with E-state index < -0.39 is 17.3 Å². The second-order valence-electron chi connectivity index (χ2n) is 4.22. The maximum Gasteiger partial charge on any atom is 0.338 e. The van der Waals surface area contributed by atoms with Crippen molar-refractivity contribution in [3.05, 3.63) is 47.8 Å². The minimum absolute atomic E-state index is 0.124. The summed E-state index contributed by atoms with van der Waals surface area (Å²) >= 11 is 0. The summed E-state index contributed by atoms with van der Waals surface area (Å²) < 4.78 is 20.7. The predicted octanol–water partition coefficient (Wildman–Crippen LogP) is 2.06. The summed E-state index contributed by atoms with van der Waals surface area (Å²) in [6.07, 6.45) is 3.17. The molecule has 8 heteroatoms. The molecule has 0 amide bonds. The van der Waals surface area contributed by atoms with E-state index in [9.17, 15) is 9.18 Å². The molecule has 7 nitrogen and oxygen atoms in total. The van der Waals surface area contributed by atoms with Crippen LogP contribution in [0.4, 0.5) is 4.39 Å². The Morgan fingerprint density at radius 3 is 2.90 bits per heavy atom. The molecule has 21 heavy (non-hydrogen) atoms. The molecular weight excluding hydrogens is 279 g/mol. The molecule has 0 saturated heterocycles. The van der Waals surface area contributed by atoms with Gasteiger partial charge in [-0.2, -0.15) is 0 Å². The second kappa shape index (κ2) is 4.82. The first-order valence-corrected chi connectivity index (χ1v) is 5.93. The third-order valence-electron chi connectivity index (χ3n) is 2.85. The molecule has 0 aliphatic rings. The van der Waals surface area contributed by atoms with Crippen molar-refractivity contribution in [2.45, 2.75) is 6.92 Å². The molecule has 0 radical (unpaired) electrons. The molecule has 1 aromatic carbocycles. The Morgan fingerprint density at radius 2 is 2.19 bits per heavy atom. The van der Waals surface area contributed by atoms with E-state index in [1.165, 1.54) is 12.3 Å². The van der Waals surface area contributed by atoms with E-state index in [0.29, 0.717) is 11.5 Å². The lowest BCUT2D eigenvalue weighted by Crippen LogP contribution is -2.01. The van der Waals surface area contributed by atoms with Crippen LogP contribution < -0.4 is 4.74 Å². The Kier molecular flexibility index (Phi) is 2.98. The van der Waals surface area contributed by atoms with Crippen molar-refractivity contribution in [3.8, 4) is 11.6 Å². The third-order valence-corrected chi connectivity index (χ3v) is 2.85. The minimum atomic E-state index is -1.34. The first-order chi connectivity index (χ1) is 10.1. The monoisotopic (exact) mass is 288 g/mol. The van der Waals surface area contributed by atoms with Gasteiger partial charge < -0.3 is 9.84 Å². The summed E-state index contributed by atoms with van der Waals surface area (Å²) in [5.74, 6) is -1.29. The van der Waals surface area contributed by atoms with Crippen LogP contribution in [0.5, 0.6) is 11.6 Å². The van der Waals surface area contributed by atoms with E-state index in [2.05, 4.69) is 15.2 Å².